The van der Waals surface area contributed by atoms with Crippen molar-refractivity contribution in [3.05, 3.63) is 161 Å². The summed E-state index contributed by atoms with van der Waals surface area (Å²) in [6, 6.07) is 46.1. The van der Waals surface area contributed by atoms with Gasteiger partial charge in [-0.15, -0.1) is 0 Å². The second-order valence-corrected chi connectivity index (χ2v) is 13.3. The molecule has 2 aliphatic rings. The van der Waals surface area contributed by atoms with Gasteiger partial charge in [0.25, 0.3) is 0 Å². The number of aromatic nitrogens is 2. The average Bonchev–Trinajstić information content (AvgIpc) is 3.15. The number of ether oxygens (including phenoxy) is 1. The molecule has 0 saturated heterocycles. The highest BCUT2D eigenvalue weighted by Crippen LogP contribution is 2.52. The molecule has 0 N–H and O–H groups in total. The number of para-hydroxylation sites is 1. The molecule has 9 rings (SSSR count). The molecule has 4 heteroatoms. The van der Waals surface area contributed by atoms with Crippen LogP contribution in [0.4, 0.5) is 0 Å². The van der Waals surface area contributed by atoms with Crippen LogP contribution in [0.15, 0.2) is 133 Å². The van der Waals surface area contributed by atoms with Crippen molar-refractivity contribution >= 4 is 16.8 Å². The summed E-state index contributed by atoms with van der Waals surface area (Å²) in [6.07, 6.45) is 5.41. The Morgan fingerprint density at radius 2 is 1.43 bits per heavy atom. The Morgan fingerprint density at radius 3 is 2.24 bits per heavy atom. The van der Waals surface area contributed by atoms with Crippen LogP contribution in [0.2, 0.25) is 0 Å². The molecule has 0 unspecified atom stereocenters. The molecule has 6 aromatic carbocycles. The number of hydrogen-bond donors (Lipinski definition) is 0. The SMILES string of the molecule is CC1(C)c2ccccc2Oc2c1ccc(C#N)c2-c1ccc(-c2cc(-c3cc4c5c(cccc5c3)CC=C4)nc(-c3ccccc3)n2)cc1. The van der Waals surface area contributed by atoms with Crippen molar-refractivity contribution in [2.75, 3.05) is 0 Å². The fourth-order valence-electron chi connectivity index (χ4n) is 7.46. The number of benzene rings is 6. The van der Waals surface area contributed by atoms with Gasteiger partial charge >= 0.3 is 0 Å². The molecule has 1 aliphatic heterocycles. The first-order valence-electron chi connectivity index (χ1n) is 16.6. The van der Waals surface area contributed by atoms with Gasteiger partial charge in [-0.3, -0.25) is 0 Å². The number of fused-ring (bicyclic) bond motifs is 2. The van der Waals surface area contributed by atoms with E-state index in [1.54, 1.807) is 0 Å². The van der Waals surface area contributed by atoms with Crippen molar-refractivity contribution in [1.29, 1.82) is 5.26 Å². The van der Waals surface area contributed by atoms with Crippen LogP contribution in [-0.4, -0.2) is 9.97 Å². The second kappa shape index (κ2) is 11.1. The first-order valence-corrected chi connectivity index (χ1v) is 16.6. The number of rotatable bonds is 4. The molecule has 0 amide bonds. The zero-order valence-corrected chi connectivity index (χ0v) is 27.2. The molecule has 4 nitrogen and oxygen atoms in total. The Balaban J connectivity index is 1.17. The Kier molecular flexibility index (Phi) is 6.57. The molecule has 49 heavy (non-hydrogen) atoms. The number of hydrogen-bond acceptors (Lipinski definition) is 4. The van der Waals surface area contributed by atoms with Gasteiger partial charge in [-0.1, -0.05) is 123 Å². The third-order valence-corrected chi connectivity index (χ3v) is 9.98. The highest BCUT2D eigenvalue weighted by atomic mass is 16.5. The highest BCUT2D eigenvalue weighted by molar-refractivity contribution is 5.98. The molecule has 2 heterocycles. The fraction of sp³-hybridized carbons (Fsp3) is 0.0889. The van der Waals surface area contributed by atoms with Crippen LogP contribution in [0.1, 0.15) is 41.7 Å². The Bertz CT molecular complexity index is 2520. The molecule has 1 aliphatic carbocycles. The second-order valence-electron chi connectivity index (χ2n) is 13.3. The van der Waals surface area contributed by atoms with Gasteiger partial charge in [0.2, 0.25) is 0 Å². The van der Waals surface area contributed by atoms with Crippen LogP contribution >= 0.6 is 0 Å². The molecule has 0 spiro atoms. The van der Waals surface area contributed by atoms with Crippen LogP contribution in [0.25, 0.3) is 61.9 Å². The number of allylic oxidation sites excluding steroid dienone is 1. The minimum atomic E-state index is -0.281. The fourth-order valence-corrected chi connectivity index (χ4v) is 7.46. The van der Waals surface area contributed by atoms with Crippen LogP contribution < -0.4 is 4.74 Å². The van der Waals surface area contributed by atoms with Gasteiger partial charge in [-0.2, -0.15) is 5.26 Å². The highest BCUT2D eigenvalue weighted by Gasteiger charge is 2.36. The summed E-state index contributed by atoms with van der Waals surface area (Å²) in [7, 11) is 0. The van der Waals surface area contributed by atoms with Crippen LogP contribution in [0.5, 0.6) is 11.5 Å². The maximum Gasteiger partial charge on any atom is 0.160 e. The van der Waals surface area contributed by atoms with Crippen molar-refractivity contribution in [1.82, 2.24) is 9.97 Å². The Morgan fingerprint density at radius 1 is 0.673 bits per heavy atom. The minimum absolute atomic E-state index is 0.281. The van der Waals surface area contributed by atoms with Gasteiger partial charge in [0, 0.05) is 38.8 Å². The van der Waals surface area contributed by atoms with Crippen molar-refractivity contribution in [3.63, 3.8) is 0 Å². The average molecular weight is 630 g/mol. The third kappa shape index (κ3) is 4.74. The number of nitriles is 1. The molecule has 0 atom stereocenters. The molecule has 0 fully saturated rings. The molecule has 0 saturated carbocycles. The van der Waals surface area contributed by atoms with Gasteiger partial charge in [0.05, 0.1) is 23.0 Å². The summed E-state index contributed by atoms with van der Waals surface area (Å²) in [5.74, 6) is 2.24. The van der Waals surface area contributed by atoms with E-state index in [-0.39, 0.29) is 5.41 Å². The molecular weight excluding hydrogens is 599 g/mol. The molecule has 0 radical (unpaired) electrons. The topological polar surface area (TPSA) is 58.8 Å². The van der Waals surface area contributed by atoms with Gasteiger partial charge in [0.1, 0.15) is 11.5 Å². The van der Waals surface area contributed by atoms with Gasteiger partial charge < -0.3 is 4.74 Å². The predicted octanol–water partition coefficient (Wildman–Crippen LogP) is 11.2. The van der Waals surface area contributed by atoms with Crippen LogP contribution in [0.3, 0.4) is 0 Å². The third-order valence-electron chi connectivity index (χ3n) is 9.98. The maximum atomic E-state index is 10.2. The van der Waals surface area contributed by atoms with E-state index >= 15 is 0 Å². The van der Waals surface area contributed by atoms with E-state index in [1.807, 2.05) is 60.7 Å². The minimum Gasteiger partial charge on any atom is -0.456 e. The van der Waals surface area contributed by atoms with Gasteiger partial charge in [-0.05, 0) is 64.2 Å². The first kappa shape index (κ1) is 28.9. The summed E-state index contributed by atoms with van der Waals surface area (Å²) in [5, 5.41) is 12.7. The summed E-state index contributed by atoms with van der Waals surface area (Å²) in [6.45, 7) is 4.42. The Hall–Kier alpha value is -6.31. The molecular formula is C45H31N3O. The summed E-state index contributed by atoms with van der Waals surface area (Å²) in [4.78, 5) is 10.2. The quantitative estimate of drug-likeness (QED) is 0.194. The van der Waals surface area contributed by atoms with Crippen molar-refractivity contribution in [3.8, 4) is 62.6 Å². The van der Waals surface area contributed by atoms with Crippen molar-refractivity contribution in [2.45, 2.75) is 25.7 Å². The number of nitrogens with zero attached hydrogens (tertiary/aromatic N) is 3. The zero-order chi connectivity index (χ0) is 33.1. The van der Waals surface area contributed by atoms with E-state index in [4.69, 9.17) is 14.7 Å². The normalized spacial score (nSPS) is 13.7. The van der Waals surface area contributed by atoms with E-state index in [9.17, 15) is 5.26 Å². The monoisotopic (exact) mass is 629 g/mol. The zero-order valence-electron chi connectivity index (χ0n) is 27.2. The molecule has 7 aromatic rings. The summed E-state index contributed by atoms with van der Waals surface area (Å²) < 4.78 is 6.57. The molecule has 232 valence electrons. The molecule has 0 bridgehead atoms. The summed E-state index contributed by atoms with van der Waals surface area (Å²) in [5.41, 5.74) is 11.5. The van der Waals surface area contributed by atoms with Crippen molar-refractivity contribution in [2.24, 2.45) is 0 Å². The van der Waals surface area contributed by atoms with E-state index < -0.39 is 0 Å². The van der Waals surface area contributed by atoms with Gasteiger partial charge in [0.15, 0.2) is 5.82 Å². The van der Waals surface area contributed by atoms with E-state index in [1.165, 1.54) is 21.9 Å². The van der Waals surface area contributed by atoms with E-state index in [2.05, 4.69) is 98.8 Å². The lowest BCUT2D eigenvalue weighted by atomic mass is 9.74. The standard InChI is InChI=1S/C45H31N3O/c1-45(2)36-16-6-7-17-40(36)49-43-37(45)23-22-34(27-46)42(43)30-20-18-28(19-21-30)38-26-39(48-44(47-38)31-10-4-3-5-11-31)35-24-32-14-8-12-29-13-9-15-33(25-35)41(29)32/h3-12,14-26H,13H2,1-2H3. The lowest BCUT2D eigenvalue weighted by molar-refractivity contribution is 0.419. The van der Waals surface area contributed by atoms with Gasteiger partial charge in [-0.25, -0.2) is 9.97 Å². The first-order chi connectivity index (χ1) is 24.0. The van der Waals surface area contributed by atoms with Crippen LogP contribution in [-0.2, 0) is 11.8 Å². The van der Waals surface area contributed by atoms with E-state index in [0.29, 0.717) is 11.4 Å². The van der Waals surface area contributed by atoms with E-state index in [0.717, 1.165) is 68.3 Å². The van der Waals surface area contributed by atoms with Crippen molar-refractivity contribution < 1.29 is 4.74 Å². The maximum absolute atomic E-state index is 10.2. The Labute approximate surface area is 285 Å². The molecule has 1 aromatic heterocycles. The summed E-state index contributed by atoms with van der Waals surface area (Å²) >= 11 is 0. The largest absolute Gasteiger partial charge is 0.456 e. The smallest absolute Gasteiger partial charge is 0.160 e. The predicted molar refractivity (Wildman–Crippen MR) is 197 cm³/mol. The van der Waals surface area contributed by atoms with Crippen LogP contribution in [0, 0.1) is 11.3 Å². The lowest BCUT2D eigenvalue weighted by Crippen LogP contribution is -2.24. The lowest BCUT2D eigenvalue weighted by Gasteiger charge is -2.35.